The van der Waals surface area contributed by atoms with Crippen LogP contribution in [0.3, 0.4) is 0 Å². The van der Waals surface area contributed by atoms with Crippen LogP contribution in [0.15, 0.2) is 0 Å². The van der Waals surface area contributed by atoms with Crippen LogP contribution in [0.5, 0.6) is 0 Å². The van der Waals surface area contributed by atoms with E-state index in [-0.39, 0.29) is 62.7 Å². The van der Waals surface area contributed by atoms with E-state index < -0.39 is 144 Å². The molecule has 0 bridgehead atoms. The van der Waals surface area contributed by atoms with E-state index in [1.807, 2.05) is 0 Å². The zero-order chi connectivity index (χ0) is 55.7. The molecule has 11 amide bonds. The summed E-state index contributed by atoms with van der Waals surface area (Å²) in [5.41, 5.74) is 16.2. The first-order valence-electron chi connectivity index (χ1n) is 24.6. The van der Waals surface area contributed by atoms with Crippen LogP contribution in [0, 0.1) is 29.6 Å². The predicted molar refractivity (Wildman–Crippen MR) is 265 cm³/mol. The monoisotopic (exact) mass is 1020 g/mol. The highest BCUT2D eigenvalue weighted by Crippen LogP contribution is 2.14. The van der Waals surface area contributed by atoms with Gasteiger partial charge in [0.1, 0.15) is 48.3 Å². The van der Waals surface area contributed by atoms with Gasteiger partial charge >= 0.3 is 5.97 Å². The molecule has 0 fully saturated rings. The average molecular weight is 1030 g/mol. The van der Waals surface area contributed by atoms with E-state index in [2.05, 4.69) is 47.9 Å². The highest BCUT2D eigenvalue weighted by atomic mass is 16.4. The van der Waals surface area contributed by atoms with Crippen LogP contribution in [0.4, 0.5) is 0 Å². The molecule has 0 rings (SSSR count). The molecule has 410 valence electrons. The van der Waals surface area contributed by atoms with Crippen molar-refractivity contribution in [3.05, 3.63) is 0 Å². The van der Waals surface area contributed by atoms with Crippen molar-refractivity contribution in [3.63, 3.8) is 0 Å². The van der Waals surface area contributed by atoms with E-state index in [9.17, 15) is 62.6 Å². The van der Waals surface area contributed by atoms with Gasteiger partial charge in [-0.1, -0.05) is 75.7 Å². The molecule has 25 heteroatoms. The van der Waals surface area contributed by atoms with Gasteiger partial charge in [0.2, 0.25) is 65.0 Å². The number of hydrogen-bond acceptors (Lipinski definition) is 13. The smallest absolute Gasteiger partial charge is 0.326 e. The summed E-state index contributed by atoms with van der Waals surface area (Å²) >= 11 is 0. The lowest BCUT2D eigenvalue weighted by Crippen LogP contribution is -2.61. The number of amides is 11. The number of hydrogen-bond donors (Lipinski definition) is 13. The van der Waals surface area contributed by atoms with Crippen LogP contribution >= 0.6 is 0 Å². The summed E-state index contributed by atoms with van der Waals surface area (Å²) in [6.07, 6.45) is -0.491. The van der Waals surface area contributed by atoms with Crippen molar-refractivity contribution in [3.8, 4) is 0 Å². The van der Waals surface area contributed by atoms with Gasteiger partial charge in [0.25, 0.3) is 0 Å². The Morgan fingerprint density at radius 2 is 0.833 bits per heavy atom. The van der Waals surface area contributed by atoms with Crippen molar-refractivity contribution in [2.24, 2.45) is 46.8 Å². The second-order valence-electron chi connectivity index (χ2n) is 19.9. The van der Waals surface area contributed by atoms with Gasteiger partial charge in [0.05, 0.1) is 12.6 Å². The Kier molecular flexibility index (Phi) is 29.7. The molecule has 0 radical (unpaired) electrons. The Labute approximate surface area is 422 Å². The number of aliphatic carboxylic acids is 1. The first kappa shape index (κ1) is 65.6. The predicted octanol–water partition coefficient (Wildman–Crippen LogP) is -2.20. The van der Waals surface area contributed by atoms with Crippen molar-refractivity contribution in [1.29, 1.82) is 0 Å². The largest absolute Gasteiger partial charge is 0.480 e. The topological polar surface area (TPSA) is 411 Å². The maximum absolute atomic E-state index is 14.1. The van der Waals surface area contributed by atoms with E-state index in [4.69, 9.17) is 17.2 Å². The standard InChI is InChI=1S/C47H84N12O13/c1-13-26(10)38(58-36(62)21-51-41(65)29(14-16-34(49)60)53-39(63)27(11)48)46(70)59-37(25(8)9)45(69)56-32(19-23(4)5)44(68)54-30(15-17-35(50)61)42(66)55-31(18-22(2)3)43(67)52-28(12)40(64)57-33(47(71)72)20-24(6)7/h22-33,37-38H,13-21,48H2,1-12H3,(H2,49,60)(H2,50,61)(H,51,65)(H,52,67)(H,53,63)(H,54,68)(H,55,66)(H,56,69)(H,57,64)(H,58,62)(H,59,70)(H,71,72)/t26-,27-,28-,29-,30-,31-,32-,33-,37-,38-/m0/s1. The third kappa shape index (κ3) is 25.6. The van der Waals surface area contributed by atoms with Gasteiger partial charge in [-0.25, -0.2) is 4.79 Å². The Balaban J connectivity index is 6.38. The molecular formula is C47H84N12O13. The summed E-state index contributed by atoms with van der Waals surface area (Å²) in [5.74, 6) is -11.5. The highest BCUT2D eigenvalue weighted by Gasteiger charge is 2.36. The Bertz CT molecular complexity index is 1890. The summed E-state index contributed by atoms with van der Waals surface area (Å²) in [5, 5.41) is 32.3. The van der Waals surface area contributed by atoms with Crippen LogP contribution in [0.2, 0.25) is 0 Å². The summed E-state index contributed by atoms with van der Waals surface area (Å²) < 4.78 is 0. The maximum Gasteiger partial charge on any atom is 0.326 e. The average Bonchev–Trinajstić information content (AvgIpc) is 3.26. The molecule has 0 saturated heterocycles. The second kappa shape index (κ2) is 32.5. The number of primary amides is 2. The van der Waals surface area contributed by atoms with Crippen molar-refractivity contribution in [2.75, 3.05) is 6.54 Å². The lowest BCUT2D eigenvalue weighted by molar-refractivity contribution is -0.142. The van der Waals surface area contributed by atoms with Crippen LogP contribution in [0.25, 0.3) is 0 Å². The van der Waals surface area contributed by atoms with Crippen molar-refractivity contribution in [1.82, 2.24) is 47.9 Å². The van der Waals surface area contributed by atoms with Gasteiger partial charge in [0, 0.05) is 12.8 Å². The number of carboxylic acid groups (broad SMARTS) is 1. The molecular weight excluding hydrogens is 941 g/mol. The Morgan fingerprint density at radius 1 is 0.444 bits per heavy atom. The van der Waals surface area contributed by atoms with Crippen LogP contribution in [-0.2, 0) is 57.5 Å². The number of nitrogens with one attached hydrogen (secondary N) is 9. The number of rotatable bonds is 34. The fourth-order valence-corrected chi connectivity index (χ4v) is 6.99. The fourth-order valence-electron chi connectivity index (χ4n) is 6.99. The molecule has 0 aromatic rings. The SMILES string of the molecule is CC[C@H](C)[C@H](NC(=O)CNC(=O)[C@H](CCC(N)=O)NC(=O)[C@H](C)N)C(=O)N[C@H](C(=O)N[C@@H](CC(C)C)C(=O)N[C@@H](CCC(N)=O)C(=O)N[C@@H](CC(C)C)C(=O)N[C@@H](C)C(=O)N[C@@H](CC(C)C)C(=O)O)C(C)C. The molecule has 0 aliphatic rings. The molecule has 0 unspecified atom stereocenters. The van der Waals surface area contributed by atoms with Gasteiger partial charge in [-0.2, -0.15) is 0 Å². The minimum absolute atomic E-state index is 0.0360. The molecule has 0 saturated carbocycles. The third-order valence-electron chi connectivity index (χ3n) is 11.3. The van der Waals surface area contributed by atoms with Gasteiger partial charge < -0.3 is 70.2 Å². The lowest BCUT2D eigenvalue weighted by Gasteiger charge is -2.30. The zero-order valence-corrected chi connectivity index (χ0v) is 44.0. The van der Waals surface area contributed by atoms with E-state index >= 15 is 0 Å². The number of carboxylic acids is 1. The number of carbonyl (C=O) groups is 12. The van der Waals surface area contributed by atoms with Crippen molar-refractivity contribution >= 4 is 70.9 Å². The molecule has 0 heterocycles. The van der Waals surface area contributed by atoms with Gasteiger partial charge in [-0.05, 0) is 75.5 Å². The van der Waals surface area contributed by atoms with E-state index in [1.165, 1.54) is 13.8 Å². The molecule has 0 aliphatic carbocycles. The normalized spacial score (nSPS) is 15.5. The van der Waals surface area contributed by atoms with Crippen molar-refractivity contribution in [2.45, 2.75) is 189 Å². The second-order valence-corrected chi connectivity index (χ2v) is 19.9. The Hall–Kier alpha value is -6.40. The maximum atomic E-state index is 14.1. The van der Waals surface area contributed by atoms with E-state index in [1.54, 1.807) is 69.2 Å². The molecule has 0 aromatic heterocycles. The van der Waals surface area contributed by atoms with E-state index in [0.717, 1.165) is 0 Å². The number of carbonyl (C=O) groups excluding carboxylic acids is 11. The quantitative estimate of drug-likeness (QED) is 0.0326. The molecule has 0 spiro atoms. The molecule has 16 N–H and O–H groups in total. The van der Waals surface area contributed by atoms with Crippen molar-refractivity contribution < 1.29 is 62.6 Å². The molecule has 72 heavy (non-hydrogen) atoms. The Morgan fingerprint density at radius 3 is 1.26 bits per heavy atom. The lowest BCUT2D eigenvalue weighted by atomic mass is 9.96. The summed E-state index contributed by atoms with van der Waals surface area (Å²) in [6, 6.07) is -11.2. The first-order valence-corrected chi connectivity index (χ1v) is 24.6. The molecule has 0 aliphatic heterocycles. The summed E-state index contributed by atoms with van der Waals surface area (Å²) in [6.45, 7) is 19.5. The summed E-state index contributed by atoms with van der Waals surface area (Å²) in [4.78, 5) is 156. The van der Waals surface area contributed by atoms with E-state index in [0.29, 0.717) is 6.42 Å². The molecule has 25 nitrogen and oxygen atoms in total. The number of nitrogens with two attached hydrogens (primary N) is 3. The molecule has 0 aromatic carbocycles. The molecule has 10 atom stereocenters. The fraction of sp³-hybridized carbons (Fsp3) is 0.745. The van der Waals surface area contributed by atoms with Crippen LogP contribution in [0.1, 0.15) is 134 Å². The minimum atomic E-state index is -1.47. The first-order chi connectivity index (χ1) is 33.3. The summed E-state index contributed by atoms with van der Waals surface area (Å²) in [7, 11) is 0. The van der Waals surface area contributed by atoms with Gasteiger partial charge in [-0.15, -0.1) is 0 Å². The minimum Gasteiger partial charge on any atom is -0.480 e. The zero-order valence-electron chi connectivity index (χ0n) is 44.0. The van der Waals surface area contributed by atoms with Crippen LogP contribution < -0.4 is 65.1 Å². The third-order valence-corrected chi connectivity index (χ3v) is 11.3. The highest BCUT2D eigenvalue weighted by molar-refractivity contribution is 5.98. The van der Waals surface area contributed by atoms with Crippen LogP contribution in [-0.4, -0.2) is 137 Å². The van der Waals surface area contributed by atoms with Gasteiger partial charge in [0.15, 0.2) is 0 Å². The van der Waals surface area contributed by atoms with Gasteiger partial charge in [-0.3, -0.25) is 52.7 Å².